The number of nitrogens with zero attached hydrogens (tertiary/aromatic N) is 1. The van der Waals surface area contributed by atoms with Gasteiger partial charge in [0.1, 0.15) is 0 Å². The van der Waals surface area contributed by atoms with Crippen molar-refractivity contribution in [3.05, 3.63) is 29.8 Å². The summed E-state index contributed by atoms with van der Waals surface area (Å²) in [4.78, 5) is 2.20. The van der Waals surface area contributed by atoms with Crippen molar-refractivity contribution in [3.8, 4) is 0 Å². The first-order valence-corrected chi connectivity index (χ1v) is 7.87. The van der Waals surface area contributed by atoms with E-state index in [1.54, 1.807) is 0 Å². The zero-order valence-corrected chi connectivity index (χ0v) is 14.1. The molecule has 0 unspecified atom stereocenters. The molecule has 0 aliphatic rings. The van der Waals surface area contributed by atoms with E-state index in [-0.39, 0.29) is 0 Å². The van der Waals surface area contributed by atoms with Gasteiger partial charge >= 0.3 is 0 Å². The van der Waals surface area contributed by atoms with Crippen LogP contribution >= 0.6 is 0 Å². The fourth-order valence-electron chi connectivity index (χ4n) is 2.66. The van der Waals surface area contributed by atoms with E-state index < -0.39 is 0 Å². The van der Waals surface area contributed by atoms with E-state index in [4.69, 9.17) is 0 Å². The molecule has 1 aromatic rings. The zero-order valence-electron chi connectivity index (χ0n) is 14.1. The van der Waals surface area contributed by atoms with E-state index in [1.807, 2.05) is 0 Å². The van der Waals surface area contributed by atoms with Crippen LogP contribution in [0.3, 0.4) is 0 Å². The van der Waals surface area contributed by atoms with Crippen molar-refractivity contribution < 1.29 is 0 Å². The molecular formula is C18H32N2. The highest BCUT2D eigenvalue weighted by Crippen LogP contribution is 2.19. The molecule has 2 heteroatoms. The zero-order chi connectivity index (χ0) is 15.1. The van der Waals surface area contributed by atoms with Gasteiger partial charge in [0.2, 0.25) is 0 Å². The van der Waals surface area contributed by atoms with Crippen LogP contribution in [0.4, 0.5) is 5.69 Å². The van der Waals surface area contributed by atoms with E-state index in [0.29, 0.717) is 6.04 Å². The third kappa shape index (κ3) is 6.95. The lowest BCUT2D eigenvalue weighted by Crippen LogP contribution is -2.23. The van der Waals surface area contributed by atoms with Crippen molar-refractivity contribution in [2.24, 2.45) is 11.8 Å². The maximum absolute atomic E-state index is 3.71. The smallest absolute Gasteiger partial charge is 0.0342 e. The van der Waals surface area contributed by atoms with Crippen molar-refractivity contribution in [2.45, 2.75) is 53.1 Å². The van der Waals surface area contributed by atoms with E-state index in [2.05, 4.69) is 76.3 Å². The molecule has 0 aromatic heterocycles. The molecule has 0 amide bonds. The lowest BCUT2D eigenvalue weighted by Gasteiger charge is -2.23. The molecule has 1 rings (SSSR count). The van der Waals surface area contributed by atoms with Crippen molar-refractivity contribution in [1.82, 2.24) is 4.90 Å². The predicted molar refractivity (Wildman–Crippen MR) is 90.2 cm³/mol. The second-order valence-electron chi connectivity index (χ2n) is 7.04. The summed E-state index contributed by atoms with van der Waals surface area (Å²) in [7, 11) is 4.21. The molecule has 2 nitrogen and oxygen atoms in total. The number of hydrogen-bond donors (Lipinski definition) is 1. The van der Waals surface area contributed by atoms with Gasteiger partial charge in [-0.25, -0.2) is 0 Å². The Morgan fingerprint density at radius 2 is 1.40 bits per heavy atom. The molecule has 0 bridgehead atoms. The first-order valence-electron chi connectivity index (χ1n) is 7.87. The normalized spacial score (nSPS) is 11.9. The Morgan fingerprint density at radius 1 is 0.900 bits per heavy atom. The minimum absolute atomic E-state index is 0.578. The third-order valence-electron chi connectivity index (χ3n) is 3.34. The first kappa shape index (κ1) is 17.0. The SMILES string of the molecule is CC(C)CC(CC(C)C)Nc1ccc(CN(C)C)cc1. The average molecular weight is 276 g/mol. The molecule has 114 valence electrons. The standard InChI is InChI=1S/C18H32N2/c1-14(2)11-18(12-15(3)4)19-17-9-7-16(8-10-17)13-20(5)6/h7-10,14-15,18-19H,11-13H2,1-6H3. The lowest BCUT2D eigenvalue weighted by atomic mass is 9.95. The summed E-state index contributed by atoms with van der Waals surface area (Å²) in [6.07, 6.45) is 2.47. The molecule has 0 radical (unpaired) electrons. The van der Waals surface area contributed by atoms with Gasteiger partial charge in [-0.1, -0.05) is 39.8 Å². The molecule has 0 atom stereocenters. The summed E-state index contributed by atoms with van der Waals surface area (Å²) in [5.74, 6) is 1.47. The Kier molecular flexibility index (Phi) is 7.08. The Balaban J connectivity index is 2.63. The van der Waals surface area contributed by atoms with Gasteiger partial charge in [-0.15, -0.1) is 0 Å². The Labute approximate surface area is 125 Å². The van der Waals surface area contributed by atoms with Crippen LogP contribution in [0.1, 0.15) is 46.1 Å². The molecule has 0 aliphatic heterocycles. The summed E-state index contributed by atoms with van der Waals surface area (Å²) in [5.41, 5.74) is 2.61. The molecule has 0 heterocycles. The molecule has 1 aromatic carbocycles. The van der Waals surface area contributed by atoms with E-state index in [9.17, 15) is 0 Å². The Bertz CT molecular complexity index is 356. The number of nitrogens with one attached hydrogen (secondary N) is 1. The van der Waals surface area contributed by atoms with Crippen molar-refractivity contribution in [3.63, 3.8) is 0 Å². The molecule has 20 heavy (non-hydrogen) atoms. The van der Waals surface area contributed by atoms with E-state index in [1.165, 1.54) is 24.1 Å². The van der Waals surface area contributed by atoms with Gasteiger partial charge in [0.25, 0.3) is 0 Å². The van der Waals surface area contributed by atoms with Crippen LogP contribution in [0.5, 0.6) is 0 Å². The second-order valence-corrected chi connectivity index (χ2v) is 7.04. The van der Waals surface area contributed by atoms with Gasteiger partial charge in [0, 0.05) is 18.3 Å². The van der Waals surface area contributed by atoms with Crippen LogP contribution < -0.4 is 5.32 Å². The Morgan fingerprint density at radius 3 is 1.80 bits per heavy atom. The summed E-state index contributed by atoms with van der Waals surface area (Å²) >= 11 is 0. The minimum Gasteiger partial charge on any atom is -0.382 e. The largest absolute Gasteiger partial charge is 0.382 e. The van der Waals surface area contributed by atoms with Crippen LogP contribution in [0.25, 0.3) is 0 Å². The van der Waals surface area contributed by atoms with Crippen molar-refractivity contribution >= 4 is 5.69 Å². The highest BCUT2D eigenvalue weighted by atomic mass is 15.0. The summed E-state index contributed by atoms with van der Waals surface area (Å²) in [6, 6.07) is 9.46. The molecule has 0 aliphatic carbocycles. The predicted octanol–water partition coefficient (Wildman–Crippen LogP) is 4.62. The number of rotatable bonds is 8. The van der Waals surface area contributed by atoms with Crippen molar-refractivity contribution in [2.75, 3.05) is 19.4 Å². The number of anilines is 1. The Hall–Kier alpha value is -1.02. The second kappa shape index (κ2) is 8.31. The summed E-state index contributed by atoms with van der Waals surface area (Å²) in [5, 5.41) is 3.71. The fourth-order valence-corrected chi connectivity index (χ4v) is 2.66. The molecule has 0 saturated heterocycles. The summed E-state index contributed by atoms with van der Waals surface area (Å²) in [6.45, 7) is 10.2. The summed E-state index contributed by atoms with van der Waals surface area (Å²) < 4.78 is 0. The van der Waals surface area contributed by atoms with Crippen LogP contribution in [0, 0.1) is 11.8 Å². The quantitative estimate of drug-likeness (QED) is 0.745. The van der Waals surface area contributed by atoms with Gasteiger partial charge in [0.05, 0.1) is 0 Å². The van der Waals surface area contributed by atoms with E-state index in [0.717, 1.165) is 18.4 Å². The van der Waals surface area contributed by atoms with Gasteiger partial charge < -0.3 is 10.2 Å². The van der Waals surface area contributed by atoms with Crippen LogP contribution in [0.2, 0.25) is 0 Å². The van der Waals surface area contributed by atoms with Crippen LogP contribution in [-0.2, 0) is 6.54 Å². The highest BCUT2D eigenvalue weighted by molar-refractivity contribution is 5.45. The fraction of sp³-hybridized carbons (Fsp3) is 0.667. The molecule has 1 N–H and O–H groups in total. The monoisotopic (exact) mass is 276 g/mol. The molecular weight excluding hydrogens is 244 g/mol. The molecule has 0 spiro atoms. The van der Waals surface area contributed by atoms with Gasteiger partial charge in [-0.05, 0) is 56.5 Å². The van der Waals surface area contributed by atoms with Gasteiger partial charge in [0.15, 0.2) is 0 Å². The lowest BCUT2D eigenvalue weighted by molar-refractivity contribution is 0.402. The van der Waals surface area contributed by atoms with E-state index >= 15 is 0 Å². The van der Waals surface area contributed by atoms with Crippen LogP contribution in [-0.4, -0.2) is 25.0 Å². The number of hydrogen-bond acceptors (Lipinski definition) is 2. The average Bonchev–Trinajstić information content (AvgIpc) is 2.29. The topological polar surface area (TPSA) is 15.3 Å². The minimum atomic E-state index is 0.578. The molecule has 0 saturated carbocycles. The first-order chi connectivity index (χ1) is 9.36. The van der Waals surface area contributed by atoms with Crippen LogP contribution in [0.15, 0.2) is 24.3 Å². The van der Waals surface area contributed by atoms with Crippen molar-refractivity contribution in [1.29, 1.82) is 0 Å². The highest BCUT2D eigenvalue weighted by Gasteiger charge is 2.12. The van der Waals surface area contributed by atoms with Gasteiger partial charge in [-0.3, -0.25) is 0 Å². The maximum Gasteiger partial charge on any atom is 0.0342 e. The maximum atomic E-state index is 3.71. The third-order valence-corrected chi connectivity index (χ3v) is 3.34. The number of benzene rings is 1. The van der Waals surface area contributed by atoms with Gasteiger partial charge in [-0.2, -0.15) is 0 Å². The molecule has 0 fully saturated rings.